The Kier molecular flexibility index (Phi) is 1.84. The van der Waals surface area contributed by atoms with Gasteiger partial charge in [-0.2, -0.15) is 0 Å². The first kappa shape index (κ1) is 8.31. The van der Waals surface area contributed by atoms with E-state index in [0.717, 1.165) is 10.1 Å². The average Bonchev–Trinajstić information content (AvgIpc) is 2.53. The quantitative estimate of drug-likeness (QED) is 0.713. The van der Waals surface area contributed by atoms with Gasteiger partial charge in [0.1, 0.15) is 0 Å². The van der Waals surface area contributed by atoms with Gasteiger partial charge in [-0.3, -0.25) is 0 Å². The fourth-order valence-electron chi connectivity index (χ4n) is 1.29. The van der Waals surface area contributed by atoms with E-state index in [9.17, 15) is 4.39 Å². The summed E-state index contributed by atoms with van der Waals surface area (Å²) >= 11 is 1.46. The fraction of sp³-hybridized carbons (Fsp3) is 0.111. The summed E-state index contributed by atoms with van der Waals surface area (Å²) in [6.45, 7) is 0. The number of hydrogen-bond donors (Lipinski definition) is 1. The molecule has 1 aromatic carbocycles. The van der Waals surface area contributed by atoms with Crippen molar-refractivity contribution in [2.45, 2.75) is 0 Å². The molecule has 0 saturated carbocycles. The zero-order valence-corrected chi connectivity index (χ0v) is 7.82. The molecule has 2 rings (SSSR count). The summed E-state index contributed by atoms with van der Waals surface area (Å²) in [5.74, 6) is -0.277. The summed E-state index contributed by atoms with van der Waals surface area (Å²) < 4.78 is 19.0. The summed E-state index contributed by atoms with van der Waals surface area (Å²) in [5, 5.41) is 2.73. The molecule has 0 unspecified atom stereocenters. The highest BCUT2D eigenvalue weighted by Crippen LogP contribution is 2.35. The van der Waals surface area contributed by atoms with Gasteiger partial charge in [0.25, 0.3) is 0 Å². The molecule has 0 spiro atoms. The molecule has 4 heteroatoms. The third-order valence-electron chi connectivity index (χ3n) is 1.91. The molecule has 1 aromatic heterocycles. The maximum absolute atomic E-state index is 13.3. The molecule has 2 N–H and O–H groups in total. The molecule has 0 aliphatic heterocycles. The molecule has 2 aromatic rings. The van der Waals surface area contributed by atoms with Crippen molar-refractivity contribution < 1.29 is 9.13 Å². The highest BCUT2D eigenvalue weighted by atomic mass is 32.1. The van der Waals surface area contributed by atoms with Gasteiger partial charge in [0.05, 0.1) is 12.8 Å². The number of nitrogen functional groups attached to an aromatic ring is 1. The third kappa shape index (κ3) is 1.14. The molecule has 2 nitrogen and oxygen atoms in total. The molecule has 0 atom stereocenters. The monoisotopic (exact) mass is 197 g/mol. The van der Waals surface area contributed by atoms with Crippen LogP contribution in [0.15, 0.2) is 17.5 Å². The van der Waals surface area contributed by atoms with Gasteiger partial charge in [-0.1, -0.05) is 0 Å². The number of halogens is 1. The Balaban J connectivity index is 2.85. The Morgan fingerprint density at radius 3 is 3.00 bits per heavy atom. The molecule has 0 aliphatic carbocycles. The van der Waals surface area contributed by atoms with Crippen LogP contribution < -0.4 is 10.5 Å². The normalized spacial score (nSPS) is 10.6. The first-order valence-electron chi connectivity index (χ1n) is 3.73. The number of fused-ring (bicyclic) bond motifs is 1. The van der Waals surface area contributed by atoms with Crippen LogP contribution in [0.2, 0.25) is 0 Å². The highest BCUT2D eigenvalue weighted by molar-refractivity contribution is 7.17. The Labute approximate surface area is 78.7 Å². The molecular weight excluding hydrogens is 189 g/mol. The van der Waals surface area contributed by atoms with E-state index in [-0.39, 0.29) is 5.75 Å². The summed E-state index contributed by atoms with van der Waals surface area (Å²) in [6.07, 6.45) is 0. The lowest BCUT2D eigenvalue weighted by Crippen LogP contribution is -1.95. The van der Waals surface area contributed by atoms with Crippen molar-refractivity contribution in [1.29, 1.82) is 0 Å². The molecule has 0 bridgehead atoms. The van der Waals surface area contributed by atoms with Gasteiger partial charge >= 0.3 is 0 Å². The zero-order chi connectivity index (χ0) is 9.42. The van der Waals surface area contributed by atoms with Gasteiger partial charge in [-0.25, -0.2) is 4.39 Å². The average molecular weight is 197 g/mol. The van der Waals surface area contributed by atoms with Crippen molar-refractivity contribution in [3.63, 3.8) is 0 Å². The molecule has 13 heavy (non-hydrogen) atoms. The Hall–Kier alpha value is -1.29. The Bertz CT molecular complexity index is 452. The number of hydrogen-bond acceptors (Lipinski definition) is 3. The number of thiophene rings is 1. The molecule has 68 valence electrons. The number of nitrogens with two attached hydrogens (primary N) is 1. The molecule has 0 saturated heterocycles. The maximum atomic E-state index is 13.3. The van der Waals surface area contributed by atoms with Crippen LogP contribution in [0.25, 0.3) is 10.1 Å². The Morgan fingerprint density at radius 1 is 1.54 bits per heavy atom. The SMILES string of the molecule is COc1c(F)cc2sccc2c1N. The van der Waals surface area contributed by atoms with Crippen LogP contribution in [0.4, 0.5) is 10.1 Å². The van der Waals surface area contributed by atoms with Crippen molar-refractivity contribution in [2.24, 2.45) is 0 Å². The summed E-state index contributed by atoms with van der Waals surface area (Å²) in [6, 6.07) is 3.30. The number of anilines is 1. The smallest absolute Gasteiger partial charge is 0.178 e. The highest BCUT2D eigenvalue weighted by Gasteiger charge is 2.11. The second-order valence-electron chi connectivity index (χ2n) is 2.64. The topological polar surface area (TPSA) is 35.2 Å². The van der Waals surface area contributed by atoms with Crippen molar-refractivity contribution in [1.82, 2.24) is 0 Å². The summed E-state index contributed by atoms with van der Waals surface area (Å²) in [5.41, 5.74) is 6.09. The predicted molar refractivity (Wildman–Crippen MR) is 52.7 cm³/mol. The van der Waals surface area contributed by atoms with Gasteiger partial charge < -0.3 is 10.5 Å². The van der Waals surface area contributed by atoms with Crippen LogP contribution in [0, 0.1) is 5.82 Å². The first-order valence-corrected chi connectivity index (χ1v) is 4.61. The lowest BCUT2D eigenvalue weighted by Gasteiger charge is -2.06. The second-order valence-corrected chi connectivity index (χ2v) is 3.59. The van der Waals surface area contributed by atoms with E-state index in [1.807, 2.05) is 11.4 Å². The lowest BCUT2D eigenvalue weighted by atomic mass is 10.2. The van der Waals surface area contributed by atoms with E-state index in [2.05, 4.69) is 0 Å². The van der Waals surface area contributed by atoms with E-state index in [0.29, 0.717) is 5.69 Å². The van der Waals surface area contributed by atoms with Crippen molar-refractivity contribution in [3.8, 4) is 5.75 Å². The zero-order valence-electron chi connectivity index (χ0n) is 7.00. The van der Waals surface area contributed by atoms with Crippen LogP contribution in [-0.2, 0) is 0 Å². The van der Waals surface area contributed by atoms with Crippen LogP contribution in [0.1, 0.15) is 0 Å². The van der Waals surface area contributed by atoms with E-state index in [1.165, 1.54) is 24.5 Å². The molecular formula is C9H8FNOS. The number of rotatable bonds is 1. The number of methoxy groups -OCH3 is 1. The fourth-order valence-corrected chi connectivity index (χ4v) is 2.12. The largest absolute Gasteiger partial charge is 0.492 e. The summed E-state index contributed by atoms with van der Waals surface area (Å²) in [7, 11) is 1.41. The van der Waals surface area contributed by atoms with Gasteiger partial charge in [-0.05, 0) is 17.5 Å². The van der Waals surface area contributed by atoms with Gasteiger partial charge in [0, 0.05) is 10.1 Å². The third-order valence-corrected chi connectivity index (χ3v) is 2.77. The standard InChI is InChI=1S/C9H8FNOS/c1-12-9-6(10)4-7-5(8(9)11)2-3-13-7/h2-4H,11H2,1H3. The van der Waals surface area contributed by atoms with E-state index in [4.69, 9.17) is 10.5 Å². The maximum Gasteiger partial charge on any atom is 0.178 e. The number of benzene rings is 1. The lowest BCUT2D eigenvalue weighted by molar-refractivity contribution is 0.390. The molecule has 0 fully saturated rings. The van der Waals surface area contributed by atoms with E-state index >= 15 is 0 Å². The van der Waals surface area contributed by atoms with Crippen molar-refractivity contribution >= 4 is 27.1 Å². The molecule has 0 amide bonds. The van der Waals surface area contributed by atoms with Crippen LogP contribution in [0.5, 0.6) is 5.75 Å². The minimum absolute atomic E-state index is 0.130. The van der Waals surface area contributed by atoms with Gasteiger partial charge in [-0.15, -0.1) is 11.3 Å². The molecule has 1 heterocycles. The number of ether oxygens (including phenoxy) is 1. The second kappa shape index (κ2) is 2.88. The molecule has 0 aliphatic rings. The minimum Gasteiger partial charge on any atom is -0.492 e. The minimum atomic E-state index is -0.407. The van der Waals surface area contributed by atoms with Crippen LogP contribution >= 0.6 is 11.3 Å². The van der Waals surface area contributed by atoms with Crippen LogP contribution in [0.3, 0.4) is 0 Å². The first-order chi connectivity index (χ1) is 6.24. The summed E-state index contributed by atoms with van der Waals surface area (Å²) in [4.78, 5) is 0. The molecule has 0 radical (unpaired) electrons. The Morgan fingerprint density at radius 2 is 2.31 bits per heavy atom. The van der Waals surface area contributed by atoms with Crippen molar-refractivity contribution in [3.05, 3.63) is 23.3 Å². The van der Waals surface area contributed by atoms with E-state index in [1.54, 1.807) is 0 Å². The van der Waals surface area contributed by atoms with Crippen LogP contribution in [-0.4, -0.2) is 7.11 Å². The predicted octanol–water partition coefficient (Wildman–Crippen LogP) is 2.63. The van der Waals surface area contributed by atoms with E-state index < -0.39 is 5.82 Å². The van der Waals surface area contributed by atoms with Gasteiger partial charge in [0.15, 0.2) is 11.6 Å². The van der Waals surface area contributed by atoms with Crippen molar-refractivity contribution in [2.75, 3.05) is 12.8 Å². The van der Waals surface area contributed by atoms with Gasteiger partial charge in [0.2, 0.25) is 0 Å².